The van der Waals surface area contributed by atoms with Gasteiger partial charge in [-0.15, -0.1) is 5.10 Å². The molecule has 0 bridgehead atoms. The van der Waals surface area contributed by atoms with Crippen LogP contribution in [0.5, 0.6) is 0 Å². The fourth-order valence-corrected chi connectivity index (χ4v) is 2.10. The largest absolute Gasteiger partial charge is 0.469 e. The average Bonchev–Trinajstić information content (AvgIpc) is 3.16. The van der Waals surface area contributed by atoms with Gasteiger partial charge in [0, 0.05) is 6.42 Å². The molecule has 0 saturated carbocycles. The zero-order chi connectivity index (χ0) is 13.9. The maximum atomic E-state index is 12.6. The van der Waals surface area contributed by atoms with E-state index >= 15 is 0 Å². The number of rotatable bonds is 4. The van der Waals surface area contributed by atoms with Crippen LogP contribution >= 0.6 is 0 Å². The molecule has 2 aromatic heterocycles. The number of para-hydroxylation sites is 1. The molecule has 0 atom stereocenters. The summed E-state index contributed by atoms with van der Waals surface area (Å²) in [5.41, 5.74) is 1.79. The molecule has 20 heavy (non-hydrogen) atoms. The Balaban J connectivity index is 2.04. The summed E-state index contributed by atoms with van der Waals surface area (Å²) < 4.78 is 6.84. The summed E-state index contributed by atoms with van der Waals surface area (Å²) in [4.78, 5) is 12.6. The van der Waals surface area contributed by atoms with Gasteiger partial charge in [0.05, 0.1) is 23.7 Å². The molecule has 0 radical (unpaired) electrons. The Morgan fingerprint density at radius 1 is 1.25 bits per heavy atom. The van der Waals surface area contributed by atoms with Crippen molar-refractivity contribution >= 4 is 5.78 Å². The van der Waals surface area contributed by atoms with Crippen LogP contribution in [0.3, 0.4) is 0 Å². The summed E-state index contributed by atoms with van der Waals surface area (Å²) in [6.45, 7) is 1.95. The van der Waals surface area contributed by atoms with Gasteiger partial charge in [-0.3, -0.25) is 4.79 Å². The van der Waals surface area contributed by atoms with Gasteiger partial charge in [-0.1, -0.05) is 30.3 Å². The molecule has 3 aromatic rings. The molecule has 0 saturated heterocycles. The lowest BCUT2D eigenvalue weighted by molar-refractivity contribution is 0.103. The molecule has 3 rings (SSSR count). The minimum atomic E-state index is -0.135. The van der Waals surface area contributed by atoms with Crippen molar-refractivity contribution in [1.82, 2.24) is 15.0 Å². The molecule has 100 valence electrons. The minimum Gasteiger partial charge on any atom is -0.469 e. The van der Waals surface area contributed by atoms with Crippen molar-refractivity contribution in [3.63, 3.8) is 0 Å². The molecular formula is C15H13N3O2. The van der Waals surface area contributed by atoms with Gasteiger partial charge in [-0.05, 0) is 18.2 Å². The first-order valence-electron chi connectivity index (χ1n) is 6.38. The van der Waals surface area contributed by atoms with Crippen LogP contribution < -0.4 is 0 Å². The molecule has 0 fully saturated rings. The van der Waals surface area contributed by atoms with Gasteiger partial charge >= 0.3 is 0 Å². The first kappa shape index (κ1) is 12.3. The molecule has 1 aromatic carbocycles. The van der Waals surface area contributed by atoms with Crippen LogP contribution in [0, 0.1) is 0 Å². The van der Waals surface area contributed by atoms with Crippen LogP contribution in [-0.4, -0.2) is 20.8 Å². The summed E-state index contributed by atoms with van der Waals surface area (Å²) in [6.07, 6.45) is 3.67. The van der Waals surface area contributed by atoms with E-state index in [-0.39, 0.29) is 5.78 Å². The molecule has 5 nitrogen and oxygen atoms in total. The van der Waals surface area contributed by atoms with Crippen molar-refractivity contribution in [2.24, 2.45) is 0 Å². The van der Waals surface area contributed by atoms with Crippen molar-refractivity contribution in [2.45, 2.75) is 13.3 Å². The second kappa shape index (κ2) is 5.13. The van der Waals surface area contributed by atoms with E-state index in [2.05, 4.69) is 10.3 Å². The number of aromatic nitrogens is 3. The minimum absolute atomic E-state index is 0.135. The van der Waals surface area contributed by atoms with E-state index in [1.807, 2.05) is 37.3 Å². The van der Waals surface area contributed by atoms with Gasteiger partial charge in [0.2, 0.25) is 5.78 Å². The van der Waals surface area contributed by atoms with Gasteiger partial charge < -0.3 is 4.42 Å². The topological polar surface area (TPSA) is 60.9 Å². The van der Waals surface area contributed by atoms with Gasteiger partial charge in [0.15, 0.2) is 0 Å². The number of furan rings is 1. The first-order chi connectivity index (χ1) is 9.81. The summed E-state index contributed by atoms with van der Waals surface area (Å²) in [5, 5.41) is 7.83. The number of carbonyl (C=O) groups excluding carboxylic acids is 1. The summed E-state index contributed by atoms with van der Waals surface area (Å²) in [6, 6.07) is 11.1. The smallest absolute Gasteiger partial charge is 0.216 e. The maximum Gasteiger partial charge on any atom is 0.216 e. The lowest BCUT2D eigenvalue weighted by Gasteiger charge is -2.04. The van der Waals surface area contributed by atoms with Crippen LogP contribution in [0.4, 0.5) is 0 Å². The Hall–Kier alpha value is -2.69. The van der Waals surface area contributed by atoms with Gasteiger partial charge in [0.25, 0.3) is 0 Å². The Bertz CT molecular complexity index is 728. The molecule has 0 aliphatic carbocycles. The van der Waals surface area contributed by atoms with Crippen molar-refractivity contribution in [1.29, 1.82) is 0 Å². The first-order valence-corrected chi connectivity index (χ1v) is 6.38. The molecule has 0 amide bonds. The predicted octanol–water partition coefficient (Wildman–Crippen LogP) is 2.65. The van der Waals surface area contributed by atoms with E-state index in [1.54, 1.807) is 6.07 Å². The SMILES string of the molecule is CCc1occc1C(=O)c1cnnn1-c1ccccc1. The summed E-state index contributed by atoms with van der Waals surface area (Å²) in [7, 11) is 0. The second-order valence-electron chi connectivity index (χ2n) is 4.31. The van der Waals surface area contributed by atoms with Crippen molar-refractivity contribution in [2.75, 3.05) is 0 Å². The molecule has 0 aliphatic rings. The van der Waals surface area contributed by atoms with Crippen LogP contribution in [0.15, 0.2) is 53.3 Å². The number of nitrogens with zero attached hydrogens (tertiary/aromatic N) is 3. The van der Waals surface area contributed by atoms with E-state index in [0.29, 0.717) is 23.4 Å². The number of ketones is 1. The highest BCUT2D eigenvalue weighted by Gasteiger charge is 2.20. The molecular weight excluding hydrogens is 254 g/mol. The molecule has 0 unspecified atom stereocenters. The lowest BCUT2D eigenvalue weighted by atomic mass is 10.1. The third kappa shape index (κ3) is 2.03. The lowest BCUT2D eigenvalue weighted by Crippen LogP contribution is -2.10. The van der Waals surface area contributed by atoms with Crippen LogP contribution in [0.1, 0.15) is 28.7 Å². The normalized spacial score (nSPS) is 10.7. The van der Waals surface area contributed by atoms with Crippen LogP contribution in [0.2, 0.25) is 0 Å². The van der Waals surface area contributed by atoms with E-state index < -0.39 is 0 Å². The highest BCUT2D eigenvalue weighted by atomic mass is 16.3. The number of aryl methyl sites for hydroxylation is 1. The van der Waals surface area contributed by atoms with Gasteiger partial charge in [-0.25, -0.2) is 4.68 Å². The second-order valence-corrected chi connectivity index (χ2v) is 4.31. The van der Waals surface area contributed by atoms with E-state index in [9.17, 15) is 4.79 Å². The standard InChI is InChI=1S/C15H13N3O2/c1-2-14-12(8-9-20-14)15(19)13-10-16-17-18(13)11-6-4-3-5-7-11/h3-10H,2H2,1H3. The van der Waals surface area contributed by atoms with E-state index in [0.717, 1.165) is 5.69 Å². The Kier molecular flexibility index (Phi) is 3.16. The highest BCUT2D eigenvalue weighted by molar-refractivity contribution is 6.08. The van der Waals surface area contributed by atoms with Gasteiger partial charge in [0.1, 0.15) is 11.5 Å². The molecule has 2 heterocycles. The van der Waals surface area contributed by atoms with E-state index in [4.69, 9.17) is 4.42 Å². The number of carbonyl (C=O) groups is 1. The Labute approximate surface area is 115 Å². The average molecular weight is 267 g/mol. The number of hydrogen-bond acceptors (Lipinski definition) is 4. The predicted molar refractivity (Wildman–Crippen MR) is 72.9 cm³/mol. The zero-order valence-corrected chi connectivity index (χ0v) is 11.0. The van der Waals surface area contributed by atoms with Gasteiger partial charge in [-0.2, -0.15) is 0 Å². The maximum absolute atomic E-state index is 12.6. The third-order valence-electron chi connectivity index (χ3n) is 3.09. The van der Waals surface area contributed by atoms with Crippen molar-refractivity contribution < 1.29 is 9.21 Å². The Morgan fingerprint density at radius 2 is 2.05 bits per heavy atom. The number of hydrogen-bond donors (Lipinski definition) is 0. The highest BCUT2D eigenvalue weighted by Crippen LogP contribution is 2.18. The molecule has 0 N–H and O–H groups in total. The number of benzene rings is 1. The quantitative estimate of drug-likeness (QED) is 0.682. The monoisotopic (exact) mass is 267 g/mol. The molecule has 0 aliphatic heterocycles. The van der Waals surface area contributed by atoms with Crippen LogP contribution in [0.25, 0.3) is 5.69 Å². The summed E-state index contributed by atoms with van der Waals surface area (Å²) in [5.74, 6) is 0.542. The van der Waals surface area contributed by atoms with Crippen molar-refractivity contribution in [3.8, 4) is 5.69 Å². The molecule has 5 heteroatoms. The Morgan fingerprint density at radius 3 is 2.80 bits per heavy atom. The molecule has 0 spiro atoms. The zero-order valence-electron chi connectivity index (χ0n) is 11.0. The summed E-state index contributed by atoms with van der Waals surface area (Å²) >= 11 is 0. The fourth-order valence-electron chi connectivity index (χ4n) is 2.10. The fraction of sp³-hybridized carbons (Fsp3) is 0.133. The van der Waals surface area contributed by atoms with Crippen LogP contribution in [-0.2, 0) is 6.42 Å². The van der Waals surface area contributed by atoms with Crippen molar-refractivity contribution in [3.05, 3.63) is 65.9 Å². The third-order valence-corrected chi connectivity index (χ3v) is 3.09. The van der Waals surface area contributed by atoms with E-state index in [1.165, 1.54) is 17.1 Å².